The second kappa shape index (κ2) is 5.46. The molecule has 1 atom stereocenters. The van der Waals surface area contributed by atoms with Gasteiger partial charge in [-0.15, -0.1) is 0 Å². The van der Waals surface area contributed by atoms with E-state index in [0.29, 0.717) is 22.8 Å². The Hall–Kier alpha value is -1.46. The summed E-state index contributed by atoms with van der Waals surface area (Å²) in [5, 5.41) is 7.23. The molecule has 0 saturated carbocycles. The molecule has 0 aliphatic carbocycles. The summed E-state index contributed by atoms with van der Waals surface area (Å²) in [7, 11) is 1.86. The van der Waals surface area contributed by atoms with E-state index in [-0.39, 0.29) is 11.9 Å². The van der Waals surface area contributed by atoms with Crippen LogP contribution in [0.15, 0.2) is 22.7 Å². The summed E-state index contributed by atoms with van der Waals surface area (Å²) in [6.07, 6.45) is 0.642. The second-order valence-electron chi connectivity index (χ2n) is 4.07. The number of halogens is 2. The summed E-state index contributed by atoms with van der Waals surface area (Å²) >= 11 is 5.77. The lowest BCUT2D eigenvalue weighted by Crippen LogP contribution is -2.24. The predicted molar refractivity (Wildman–Crippen MR) is 66.9 cm³/mol. The quantitative estimate of drug-likeness (QED) is 0.927. The van der Waals surface area contributed by atoms with E-state index in [2.05, 4.69) is 15.5 Å². The summed E-state index contributed by atoms with van der Waals surface area (Å²) < 4.78 is 18.3. The van der Waals surface area contributed by atoms with Gasteiger partial charge in [0.2, 0.25) is 0 Å². The summed E-state index contributed by atoms with van der Waals surface area (Å²) in [5.74, 6) is 0.419. The number of rotatable bonds is 4. The third-order valence-electron chi connectivity index (χ3n) is 2.56. The Bertz CT molecular complexity index is 524. The molecule has 1 heterocycles. The molecule has 0 amide bonds. The van der Waals surface area contributed by atoms with Crippen LogP contribution >= 0.6 is 11.6 Å². The maximum absolute atomic E-state index is 13.2. The van der Waals surface area contributed by atoms with Crippen LogP contribution in [-0.4, -0.2) is 23.2 Å². The molecule has 1 N–H and O–H groups in total. The number of hydrogen-bond donors (Lipinski definition) is 1. The topological polar surface area (TPSA) is 51.0 Å². The van der Waals surface area contributed by atoms with Crippen LogP contribution in [0.3, 0.4) is 0 Å². The van der Waals surface area contributed by atoms with Crippen molar-refractivity contribution in [3.63, 3.8) is 0 Å². The van der Waals surface area contributed by atoms with E-state index in [0.717, 1.165) is 0 Å². The fraction of sp³-hybridized carbons (Fsp3) is 0.333. The van der Waals surface area contributed by atoms with Gasteiger partial charge in [-0.25, -0.2) is 4.39 Å². The molecule has 6 heteroatoms. The van der Waals surface area contributed by atoms with E-state index >= 15 is 0 Å². The molecule has 18 heavy (non-hydrogen) atoms. The molecule has 0 saturated heterocycles. The highest BCUT2D eigenvalue weighted by molar-refractivity contribution is 6.30. The number of hydrogen-bond acceptors (Lipinski definition) is 4. The van der Waals surface area contributed by atoms with E-state index in [1.54, 1.807) is 6.07 Å². The maximum Gasteiger partial charge on any atom is 0.258 e. The van der Waals surface area contributed by atoms with Crippen molar-refractivity contribution in [3.05, 3.63) is 34.9 Å². The zero-order valence-corrected chi connectivity index (χ0v) is 10.8. The Kier molecular flexibility index (Phi) is 3.93. The van der Waals surface area contributed by atoms with Gasteiger partial charge in [-0.3, -0.25) is 0 Å². The molecule has 96 valence electrons. The summed E-state index contributed by atoms with van der Waals surface area (Å²) in [4.78, 5) is 4.21. The zero-order chi connectivity index (χ0) is 13.1. The Balaban J connectivity index is 2.23. The predicted octanol–water partition coefficient (Wildman–Crippen LogP) is 2.68. The fourth-order valence-corrected chi connectivity index (χ4v) is 1.73. The van der Waals surface area contributed by atoms with Crippen LogP contribution in [0.1, 0.15) is 12.7 Å². The SMILES string of the molecule is CNC(C)Cc1noc(-c2cc(F)cc(Cl)c2)n1. The molecule has 1 aromatic carbocycles. The minimum absolute atomic E-state index is 0.242. The van der Waals surface area contributed by atoms with Crippen molar-refractivity contribution in [1.82, 2.24) is 15.5 Å². The van der Waals surface area contributed by atoms with E-state index in [9.17, 15) is 4.39 Å². The van der Waals surface area contributed by atoms with E-state index in [1.807, 2.05) is 14.0 Å². The van der Waals surface area contributed by atoms with Crippen LogP contribution < -0.4 is 5.32 Å². The van der Waals surface area contributed by atoms with Gasteiger partial charge in [-0.1, -0.05) is 16.8 Å². The average molecular weight is 270 g/mol. The summed E-state index contributed by atoms with van der Waals surface area (Å²) in [6, 6.07) is 4.37. The first-order chi connectivity index (χ1) is 8.58. The van der Waals surface area contributed by atoms with Gasteiger partial charge < -0.3 is 9.84 Å². The van der Waals surface area contributed by atoms with Crippen LogP contribution in [0.25, 0.3) is 11.5 Å². The Labute approximate surface area is 109 Å². The molecule has 1 unspecified atom stereocenters. The van der Waals surface area contributed by atoms with Crippen LogP contribution in [-0.2, 0) is 6.42 Å². The molecule has 4 nitrogen and oxygen atoms in total. The molecule has 0 radical (unpaired) electrons. The molecule has 2 aromatic rings. The number of likely N-dealkylation sites (N-methyl/N-ethyl adjacent to an activating group) is 1. The molecule has 0 aliphatic rings. The first kappa shape index (κ1) is 13.0. The van der Waals surface area contributed by atoms with Crippen molar-refractivity contribution in [1.29, 1.82) is 0 Å². The molecule has 0 fully saturated rings. The molecular formula is C12H13ClFN3O. The maximum atomic E-state index is 13.2. The molecule has 2 rings (SSSR count). The van der Waals surface area contributed by atoms with E-state index in [1.165, 1.54) is 12.1 Å². The second-order valence-corrected chi connectivity index (χ2v) is 4.50. The zero-order valence-electron chi connectivity index (χ0n) is 10.1. The highest BCUT2D eigenvalue weighted by atomic mass is 35.5. The number of aromatic nitrogens is 2. The molecule has 0 bridgehead atoms. The van der Waals surface area contributed by atoms with Gasteiger partial charge in [0.25, 0.3) is 5.89 Å². The first-order valence-electron chi connectivity index (χ1n) is 5.55. The van der Waals surface area contributed by atoms with Crippen LogP contribution in [0.4, 0.5) is 4.39 Å². The first-order valence-corrected chi connectivity index (χ1v) is 5.92. The highest BCUT2D eigenvalue weighted by Gasteiger charge is 2.12. The highest BCUT2D eigenvalue weighted by Crippen LogP contribution is 2.23. The minimum atomic E-state index is -0.430. The van der Waals surface area contributed by atoms with Gasteiger partial charge >= 0.3 is 0 Å². The lowest BCUT2D eigenvalue weighted by molar-refractivity contribution is 0.418. The summed E-state index contributed by atoms with van der Waals surface area (Å²) in [6.45, 7) is 2.01. The number of nitrogens with zero attached hydrogens (tertiary/aromatic N) is 2. The van der Waals surface area contributed by atoms with Gasteiger partial charge in [0.1, 0.15) is 5.82 Å². The fourth-order valence-electron chi connectivity index (χ4n) is 1.51. The van der Waals surface area contributed by atoms with E-state index in [4.69, 9.17) is 16.1 Å². The number of benzene rings is 1. The van der Waals surface area contributed by atoms with Gasteiger partial charge in [0.15, 0.2) is 5.82 Å². The largest absolute Gasteiger partial charge is 0.334 e. The normalized spacial score (nSPS) is 12.7. The standard InChI is InChI=1S/C12H13ClFN3O/c1-7(15-2)3-11-16-12(18-17-11)8-4-9(13)6-10(14)5-8/h4-7,15H,3H2,1-2H3. The van der Waals surface area contributed by atoms with Crippen molar-refractivity contribution in [3.8, 4) is 11.5 Å². The Morgan fingerprint density at radius 3 is 2.89 bits per heavy atom. The van der Waals surface area contributed by atoms with Crippen molar-refractivity contribution in [2.24, 2.45) is 0 Å². The van der Waals surface area contributed by atoms with Crippen molar-refractivity contribution >= 4 is 11.6 Å². The Morgan fingerprint density at radius 1 is 1.44 bits per heavy atom. The third kappa shape index (κ3) is 3.05. The third-order valence-corrected chi connectivity index (χ3v) is 2.78. The van der Waals surface area contributed by atoms with Gasteiger partial charge in [-0.05, 0) is 32.2 Å². The van der Waals surface area contributed by atoms with Crippen molar-refractivity contribution < 1.29 is 8.91 Å². The lowest BCUT2D eigenvalue weighted by Gasteiger charge is -2.04. The van der Waals surface area contributed by atoms with Gasteiger partial charge in [0.05, 0.1) is 0 Å². The lowest BCUT2D eigenvalue weighted by atomic mass is 10.2. The molecule has 0 spiro atoms. The molecular weight excluding hydrogens is 257 g/mol. The van der Waals surface area contributed by atoms with E-state index < -0.39 is 5.82 Å². The molecule has 1 aromatic heterocycles. The Morgan fingerprint density at radius 2 is 2.22 bits per heavy atom. The van der Waals surface area contributed by atoms with Gasteiger partial charge in [-0.2, -0.15) is 4.98 Å². The summed E-state index contributed by atoms with van der Waals surface area (Å²) in [5.41, 5.74) is 0.482. The van der Waals surface area contributed by atoms with Gasteiger partial charge in [0, 0.05) is 23.0 Å². The smallest absolute Gasteiger partial charge is 0.258 e. The average Bonchev–Trinajstić information content (AvgIpc) is 2.76. The van der Waals surface area contributed by atoms with Crippen molar-refractivity contribution in [2.75, 3.05) is 7.05 Å². The monoisotopic (exact) mass is 269 g/mol. The van der Waals surface area contributed by atoms with Crippen LogP contribution in [0.2, 0.25) is 5.02 Å². The van der Waals surface area contributed by atoms with Crippen LogP contribution in [0.5, 0.6) is 0 Å². The molecule has 0 aliphatic heterocycles. The van der Waals surface area contributed by atoms with Crippen LogP contribution in [0, 0.1) is 5.82 Å². The minimum Gasteiger partial charge on any atom is -0.334 e. The van der Waals surface area contributed by atoms with Crippen molar-refractivity contribution in [2.45, 2.75) is 19.4 Å². The number of nitrogens with one attached hydrogen (secondary N) is 1.